The zero-order valence-electron chi connectivity index (χ0n) is 11.5. The predicted molar refractivity (Wildman–Crippen MR) is 82.5 cm³/mol. The van der Waals surface area contributed by atoms with Crippen LogP contribution >= 0.6 is 0 Å². The summed E-state index contributed by atoms with van der Waals surface area (Å²) < 4.78 is 5.19. The number of nitrogens with zero attached hydrogens (tertiary/aromatic N) is 1. The molecule has 0 unspecified atom stereocenters. The van der Waals surface area contributed by atoms with Crippen molar-refractivity contribution in [3.63, 3.8) is 0 Å². The number of rotatable bonds is 4. The van der Waals surface area contributed by atoms with Gasteiger partial charge in [-0.2, -0.15) is 0 Å². The molecule has 0 saturated heterocycles. The smallest absolute Gasteiger partial charge is 0.189 e. The maximum absolute atomic E-state index is 12.2. The summed E-state index contributed by atoms with van der Waals surface area (Å²) in [5.74, 6) is 1.10. The van der Waals surface area contributed by atoms with Crippen LogP contribution in [0.5, 0.6) is 5.75 Å². The van der Waals surface area contributed by atoms with Crippen LogP contribution in [0.15, 0.2) is 54.6 Å². The summed E-state index contributed by atoms with van der Waals surface area (Å²) in [5, 5.41) is 0. The monoisotopic (exact) mass is 278 g/mol. The van der Waals surface area contributed by atoms with Gasteiger partial charge in [0.05, 0.1) is 23.7 Å². The third-order valence-electron chi connectivity index (χ3n) is 3.17. The lowest BCUT2D eigenvalue weighted by Gasteiger charge is -2.03. The molecular weight excluding hydrogens is 264 g/mol. The molecule has 0 radical (unpaired) electrons. The Morgan fingerprint density at radius 1 is 1.14 bits per heavy atom. The van der Waals surface area contributed by atoms with Crippen LogP contribution in [-0.2, 0) is 0 Å². The molecule has 4 nitrogen and oxygen atoms in total. The fraction of sp³-hybridized carbons (Fsp3) is 0.0588. The Labute approximate surface area is 122 Å². The Hall–Kier alpha value is -2.88. The first-order valence-electron chi connectivity index (χ1n) is 6.58. The second kappa shape index (κ2) is 5.63. The molecular formula is C17H14N2O2. The summed E-state index contributed by atoms with van der Waals surface area (Å²) in [4.78, 5) is 19.7. The highest BCUT2D eigenvalue weighted by Crippen LogP contribution is 2.18. The molecule has 4 heteroatoms. The number of hydrogen-bond acceptors (Lipinski definition) is 3. The largest absolute Gasteiger partial charge is 0.496 e. The van der Waals surface area contributed by atoms with Crippen molar-refractivity contribution in [1.29, 1.82) is 0 Å². The zero-order chi connectivity index (χ0) is 14.7. The van der Waals surface area contributed by atoms with E-state index >= 15 is 0 Å². The molecule has 0 saturated carbocycles. The quantitative estimate of drug-likeness (QED) is 0.587. The maximum atomic E-state index is 12.2. The van der Waals surface area contributed by atoms with E-state index in [0.717, 1.165) is 11.0 Å². The van der Waals surface area contributed by atoms with E-state index in [1.54, 1.807) is 25.3 Å². The lowest BCUT2D eigenvalue weighted by atomic mass is 10.1. The van der Waals surface area contributed by atoms with Gasteiger partial charge in [-0.05, 0) is 36.4 Å². The number of aromatic amines is 1. The Morgan fingerprint density at radius 2 is 1.90 bits per heavy atom. The first-order valence-corrected chi connectivity index (χ1v) is 6.58. The minimum atomic E-state index is -0.118. The number of imidazole rings is 1. The van der Waals surface area contributed by atoms with E-state index in [0.29, 0.717) is 17.1 Å². The van der Waals surface area contributed by atoms with Gasteiger partial charge in [0.25, 0.3) is 0 Å². The van der Waals surface area contributed by atoms with Crippen molar-refractivity contribution in [2.24, 2.45) is 0 Å². The van der Waals surface area contributed by atoms with Gasteiger partial charge in [-0.1, -0.05) is 24.3 Å². The minimum absolute atomic E-state index is 0.118. The maximum Gasteiger partial charge on any atom is 0.189 e. The van der Waals surface area contributed by atoms with E-state index in [4.69, 9.17) is 4.74 Å². The van der Waals surface area contributed by atoms with E-state index in [-0.39, 0.29) is 5.78 Å². The van der Waals surface area contributed by atoms with Crippen LogP contribution in [0.1, 0.15) is 16.2 Å². The highest BCUT2D eigenvalue weighted by molar-refractivity contribution is 6.08. The molecule has 3 aromatic rings. The number of nitrogens with one attached hydrogen (secondary N) is 1. The number of fused-ring (bicyclic) bond motifs is 1. The molecule has 1 N–H and O–H groups in total. The predicted octanol–water partition coefficient (Wildman–Crippen LogP) is 3.47. The van der Waals surface area contributed by atoms with Crippen molar-refractivity contribution in [2.75, 3.05) is 7.11 Å². The summed E-state index contributed by atoms with van der Waals surface area (Å²) in [7, 11) is 1.55. The van der Waals surface area contributed by atoms with Gasteiger partial charge in [0, 0.05) is 0 Å². The Bertz CT molecular complexity index is 785. The third-order valence-corrected chi connectivity index (χ3v) is 3.17. The highest BCUT2D eigenvalue weighted by atomic mass is 16.5. The number of H-pyrrole nitrogens is 1. The van der Waals surface area contributed by atoms with Gasteiger partial charge < -0.3 is 9.72 Å². The number of methoxy groups -OCH3 is 1. The van der Waals surface area contributed by atoms with Gasteiger partial charge in [-0.15, -0.1) is 0 Å². The summed E-state index contributed by atoms with van der Waals surface area (Å²) in [6.45, 7) is 0. The van der Waals surface area contributed by atoms with E-state index in [2.05, 4.69) is 9.97 Å². The number of aromatic nitrogens is 2. The Kier molecular flexibility index (Phi) is 3.51. The second-order valence-electron chi connectivity index (χ2n) is 4.54. The third kappa shape index (κ3) is 2.69. The molecule has 3 rings (SSSR count). The number of carbonyl (C=O) groups is 1. The van der Waals surface area contributed by atoms with Crippen LogP contribution in [-0.4, -0.2) is 22.9 Å². The molecule has 0 fully saturated rings. The molecule has 104 valence electrons. The molecule has 0 amide bonds. The van der Waals surface area contributed by atoms with Crippen LogP contribution in [0.4, 0.5) is 0 Å². The minimum Gasteiger partial charge on any atom is -0.496 e. The average Bonchev–Trinajstić information content (AvgIpc) is 2.95. The molecule has 0 aliphatic heterocycles. The topological polar surface area (TPSA) is 55.0 Å². The van der Waals surface area contributed by atoms with Crippen molar-refractivity contribution in [1.82, 2.24) is 9.97 Å². The summed E-state index contributed by atoms with van der Waals surface area (Å²) >= 11 is 0. The van der Waals surface area contributed by atoms with Gasteiger partial charge in [0.1, 0.15) is 11.6 Å². The molecule has 2 aromatic carbocycles. The molecule has 1 aromatic heterocycles. The van der Waals surface area contributed by atoms with Gasteiger partial charge in [-0.25, -0.2) is 4.98 Å². The van der Waals surface area contributed by atoms with Gasteiger partial charge in [0.15, 0.2) is 5.78 Å². The lowest BCUT2D eigenvalue weighted by molar-refractivity contribution is 0.104. The fourth-order valence-corrected chi connectivity index (χ4v) is 2.14. The Balaban J connectivity index is 1.86. The Morgan fingerprint density at radius 3 is 2.71 bits per heavy atom. The number of ether oxygens (including phenoxy) is 1. The second-order valence-corrected chi connectivity index (χ2v) is 4.54. The van der Waals surface area contributed by atoms with Crippen molar-refractivity contribution in [3.05, 3.63) is 66.0 Å². The number of ketones is 1. The fourth-order valence-electron chi connectivity index (χ4n) is 2.14. The summed E-state index contributed by atoms with van der Waals surface area (Å²) in [5.41, 5.74) is 2.36. The van der Waals surface area contributed by atoms with E-state index in [1.165, 1.54) is 6.08 Å². The molecule has 0 aliphatic rings. The number of allylic oxidation sites excluding steroid dienone is 1. The lowest BCUT2D eigenvalue weighted by Crippen LogP contribution is -1.98. The van der Waals surface area contributed by atoms with E-state index in [1.807, 2.05) is 36.4 Å². The molecule has 1 heterocycles. The van der Waals surface area contributed by atoms with Crippen molar-refractivity contribution in [2.45, 2.75) is 0 Å². The standard InChI is InChI=1S/C17H14N2O2/c1-21-16-9-5-2-6-12(16)15(20)10-11-17-18-13-7-3-4-8-14(13)19-17/h2-11H,1H3,(H,18,19)/b11-10-. The van der Waals surface area contributed by atoms with Crippen LogP contribution in [0.2, 0.25) is 0 Å². The number of carbonyl (C=O) groups excluding carboxylic acids is 1. The molecule has 0 aliphatic carbocycles. The average molecular weight is 278 g/mol. The first kappa shape index (κ1) is 13.1. The van der Waals surface area contributed by atoms with Crippen LogP contribution in [0, 0.1) is 0 Å². The number of para-hydroxylation sites is 3. The zero-order valence-corrected chi connectivity index (χ0v) is 11.5. The summed E-state index contributed by atoms with van der Waals surface area (Å²) in [6.07, 6.45) is 3.17. The van der Waals surface area contributed by atoms with E-state index in [9.17, 15) is 4.79 Å². The van der Waals surface area contributed by atoms with E-state index < -0.39 is 0 Å². The van der Waals surface area contributed by atoms with Crippen LogP contribution in [0.3, 0.4) is 0 Å². The van der Waals surface area contributed by atoms with Crippen molar-refractivity contribution < 1.29 is 9.53 Å². The number of benzene rings is 2. The van der Waals surface area contributed by atoms with Crippen LogP contribution in [0.25, 0.3) is 17.1 Å². The molecule has 21 heavy (non-hydrogen) atoms. The SMILES string of the molecule is COc1ccccc1C(=O)/C=C\c1nc2ccccc2[nH]1. The molecule has 0 atom stereocenters. The highest BCUT2D eigenvalue weighted by Gasteiger charge is 2.08. The first-order chi connectivity index (χ1) is 10.3. The van der Waals surface area contributed by atoms with Gasteiger partial charge >= 0.3 is 0 Å². The number of hydrogen-bond donors (Lipinski definition) is 1. The van der Waals surface area contributed by atoms with Crippen molar-refractivity contribution >= 4 is 22.9 Å². The van der Waals surface area contributed by atoms with Gasteiger partial charge in [-0.3, -0.25) is 4.79 Å². The normalized spacial score (nSPS) is 11.1. The van der Waals surface area contributed by atoms with Crippen LogP contribution < -0.4 is 4.74 Å². The molecule has 0 spiro atoms. The molecule has 0 bridgehead atoms. The summed E-state index contributed by atoms with van der Waals surface area (Å²) in [6, 6.07) is 14.9. The van der Waals surface area contributed by atoms with Gasteiger partial charge in [0.2, 0.25) is 0 Å². The van der Waals surface area contributed by atoms with Crippen molar-refractivity contribution in [3.8, 4) is 5.75 Å².